The molecule has 1 N–H and O–H groups in total. The Morgan fingerprint density at radius 3 is 1.26 bits per heavy atom. The van der Waals surface area contributed by atoms with Crippen LogP contribution in [0, 0.1) is 6.92 Å². The van der Waals surface area contributed by atoms with Crippen LogP contribution in [-0.2, 0) is 0 Å². The van der Waals surface area contributed by atoms with Gasteiger partial charge in [-0.2, -0.15) is 0 Å². The fourth-order valence-electron chi connectivity index (χ4n) is 3.05. The molecule has 0 amide bonds. The van der Waals surface area contributed by atoms with Gasteiger partial charge in [-0.25, -0.2) is 0 Å². The van der Waals surface area contributed by atoms with Crippen LogP contribution >= 0.6 is 15.9 Å². The van der Waals surface area contributed by atoms with Crippen LogP contribution in [-0.4, -0.2) is 0 Å². The molecule has 0 bridgehead atoms. The summed E-state index contributed by atoms with van der Waals surface area (Å²) in [6.07, 6.45) is 0. The van der Waals surface area contributed by atoms with Gasteiger partial charge in [0.15, 0.2) is 0 Å². The van der Waals surface area contributed by atoms with Crippen LogP contribution in [0.1, 0.15) is 5.56 Å². The van der Waals surface area contributed by atoms with Gasteiger partial charge in [-0.3, -0.25) is 0 Å². The van der Waals surface area contributed by atoms with Gasteiger partial charge in [0.25, 0.3) is 0 Å². The third kappa shape index (κ3) is 4.29. The molecule has 4 rings (SSSR count). The minimum atomic E-state index is 1.09. The molecule has 4 aromatic rings. The lowest BCUT2D eigenvalue weighted by molar-refractivity contribution is 1.45. The number of hydrogen-bond acceptors (Lipinski definition) is 1. The van der Waals surface area contributed by atoms with Gasteiger partial charge in [0.2, 0.25) is 0 Å². The molecule has 4 aromatic carbocycles. The highest BCUT2D eigenvalue weighted by molar-refractivity contribution is 9.10. The number of hydrogen-bond donors (Lipinski definition) is 1. The molecular formula is C25H20BrN. The van der Waals surface area contributed by atoms with Gasteiger partial charge in [0, 0.05) is 15.8 Å². The van der Waals surface area contributed by atoms with Crippen LogP contribution in [0.2, 0.25) is 0 Å². The van der Waals surface area contributed by atoms with Crippen molar-refractivity contribution in [2.45, 2.75) is 6.92 Å². The average Bonchev–Trinajstić information content (AvgIpc) is 2.71. The molecule has 132 valence electrons. The van der Waals surface area contributed by atoms with E-state index in [1.54, 1.807) is 0 Å². The molecule has 0 spiro atoms. The third-order valence-electron chi connectivity index (χ3n) is 4.62. The Bertz CT molecular complexity index is 1020. The van der Waals surface area contributed by atoms with Crippen molar-refractivity contribution in [2.75, 3.05) is 5.32 Å². The Balaban J connectivity index is 1.50. The highest BCUT2D eigenvalue weighted by Gasteiger charge is 2.02. The van der Waals surface area contributed by atoms with E-state index in [0.29, 0.717) is 0 Å². The predicted octanol–water partition coefficient (Wildman–Crippen LogP) is 7.84. The number of rotatable bonds is 4. The molecule has 0 heterocycles. The lowest BCUT2D eigenvalue weighted by atomic mass is 10.0. The molecule has 0 saturated heterocycles. The molecule has 0 saturated carbocycles. The summed E-state index contributed by atoms with van der Waals surface area (Å²) in [6, 6.07) is 34.1. The second-order valence-electron chi connectivity index (χ2n) is 6.65. The molecular weight excluding hydrogens is 394 g/mol. The molecule has 0 aliphatic rings. The molecule has 0 atom stereocenters. The Morgan fingerprint density at radius 1 is 0.481 bits per heavy atom. The summed E-state index contributed by atoms with van der Waals surface area (Å²) >= 11 is 3.48. The second kappa shape index (κ2) is 7.81. The first-order valence-corrected chi connectivity index (χ1v) is 9.77. The fraction of sp³-hybridized carbons (Fsp3) is 0.0400. The van der Waals surface area contributed by atoms with E-state index in [4.69, 9.17) is 0 Å². The maximum Gasteiger partial charge on any atom is 0.0384 e. The lowest BCUT2D eigenvalue weighted by Crippen LogP contribution is -1.90. The third-order valence-corrected chi connectivity index (χ3v) is 5.15. The van der Waals surface area contributed by atoms with Crippen molar-refractivity contribution in [3.8, 4) is 22.3 Å². The van der Waals surface area contributed by atoms with E-state index in [9.17, 15) is 0 Å². The molecule has 0 aliphatic carbocycles. The molecule has 0 aromatic heterocycles. The Morgan fingerprint density at radius 2 is 0.815 bits per heavy atom. The zero-order valence-electron chi connectivity index (χ0n) is 15.1. The van der Waals surface area contributed by atoms with Gasteiger partial charge >= 0.3 is 0 Å². The monoisotopic (exact) mass is 413 g/mol. The Hall–Kier alpha value is -2.84. The average molecular weight is 414 g/mol. The summed E-state index contributed by atoms with van der Waals surface area (Å²) < 4.78 is 1.10. The molecule has 1 nitrogen and oxygen atoms in total. The topological polar surface area (TPSA) is 12.0 Å². The van der Waals surface area contributed by atoms with Crippen LogP contribution in [0.3, 0.4) is 0 Å². The molecule has 0 unspecified atom stereocenters. The van der Waals surface area contributed by atoms with Crippen molar-refractivity contribution in [1.29, 1.82) is 0 Å². The van der Waals surface area contributed by atoms with Crippen molar-refractivity contribution in [3.05, 3.63) is 107 Å². The first-order valence-electron chi connectivity index (χ1n) is 8.97. The van der Waals surface area contributed by atoms with Crippen molar-refractivity contribution in [2.24, 2.45) is 0 Å². The van der Waals surface area contributed by atoms with Crippen molar-refractivity contribution >= 4 is 27.3 Å². The SMILES string of the molecule is Cc1ccc(Nc2ccc(-c3ccc(-c4ccc(Br)cc4)cc3)cc2)cc1. The normalized spacial score (nSPS) is 10.6. The fourth-order valence-corrected chi connectivity index (χ4v) is 3.31. The molecule has 27 heavy (non-hydrogen) atoms. The first kappa shape index (κ1) is 17.6. The summed E-state index contributed by atoms with van der Waals surface area (Å²) in [5.41, 5.74) is 8.35. The molecule has 0 aliphatic heterocycles. The van der Waals surface area contributed by atoms with Crippen LogP contribution in [0.15, 0.2) is 102 Å². The van der Waals surface area contributed by atoms with Crippen LogP contribution in [0.4, 0.5) is 11.4 Å². The van der Waals surface area contributed by atoms with Crippen LogP contribution < -0.4 is 5.32 Å². The van der Waals surface area contributed by atoms with E-state index >= 15 is 0 Å². The number of aryl methyl sites for hydroxylation is 1. The van der Waals surface area contributed by atoms with E-state index in [2.05, 4.69) is 125 Å². The second-order valence-corrected chi connectivity index (χ2v) is 7.57. The van der Waals surface area contributed by atoms with E-state index in [1.807, 2.05) is 0 Å². The minimum absolute atomic E-state index is 1.09. The quantitative estimate of drug-likeness (QED) is 0.359. The van der Waals surface area contributed by atoms with Crippen molar-refractivity contribution < 1.29 is 0 Å². The van der Waals surface area contributed by atoms with E-state index in [-0.39, 0.29) is 0 Å². The highest BCUT2D eigenvalue weighted by Crippen LogP contribution is 2.27. The van der Waals surface area contributed by atoms with E-state index < -0.39 is 0 Å². The van der Waals surface area contributed by atoms with Gasteiger partial charge in [0.1, 0.15) is 0 Å². The largest absolute Gasteiger partial charge is 0.356 e. The lowest BCUT2D eigenvalue weighted by Gasteiger charge is -2.09. The standard InChI is InChI=1S/C25H20BrN/c1-18-2-14-24(15-3-18)27-25-16-10-22(11-17-25)20-6-4-19(5-7-20)21-8-12-23(26)13-9-21/h2-17,27H,1H3. The number of benzene rings is 4. The zero-order chi connectivity index (χ0) is 18.6. The van der Waals surface area contributed by atoms with Gasteiger partial charge in [0.05, 0.1) is 0 Å². The van der Waals surface area contributed by atoms with E-state index in [1.165, 1.54) is 27.8 Å². The van der Waals surface area contributed by atoms with Gasteiger partial charge in [-0.1, -0.05) is 82.2 Å². The summed E-state index contributed by atoms with van der Waals surface area (Å²) in [5.74, 6) is 0. The smallest absolute Gasteiger partial charge is 0.0384 e. The van der Waals surface area contributed by atoms with E-state index in [0.717, 1.165) is 15.8 Å². The van der Waals surface area contributed by atoms with Gasteiger partial charge < -0.3 is 5.32 Å². The highest BCUT2D eigenvalue weighted by atomic mass is 79.9. The predicted molar refractivity (Wildman–Crippen MR) is 119 cm³/mol. The summed E-state index contributed by atoms with van der Waals surface area (Å²) in [7, 11) is 0. The van der Waals surface area contributed by atoms with Crippen LogP contribution in [0.5, 0.6) is 0 Å². The number of nitrogens with one attached hydrogen (secondary N) is 1. The zero-order valence-corrected chi connectivity index (χ0v) is 16.7. The maximum atomic E-state index is 3.48. The number of anilines is 2. The first-order chi connectivity index (χ1) is 13.2. The van der Waals surface area contributed by atoms with Gasteiger partial charge in [-0.05, 0) is 65.6 Å². The van der Waals surface area contributed by atoms with Crippen molar-refractivity contribution in [1.82, 2.24) is 0 Å². The Labute approximate surface area is 168 Å². The summed E-state index contributed by atoms with van der Waals surface area (Å²) in [5, 5.41) is 3.44. The van der Waals surface area contributed by atoms with Crippen LogP contribution in [0.25, 0.3) is 22.3 Å². The molecule has 0 fully saturated rings. The molecule has 0 radical (unpaired) electrons. The summed E-state index contributed by atoms with van der Waals surface area (Å²) in [6.45, 7) is 2.10. The summed E-state index contributed by atoms with van der Waals surface area (Å²) in [4.78, 5) is 0. The Kier molecular flexibility index (Phi) is 5.08. The van der Waals surface area contributed by atoms with Gasteiger partial charge in [-0.15, -0.1) is 0 Å². The minimum Gasteiger partial charge on any atom is -0.356 e. The number of halogens is 1. The molecule has 2 heteroatoms. The maximum absolute atomic E-state index is 3.48. The van der Waals surface area contributed by atoms with Crippen molar-refractivity contribution in [3.63, 3.8) is 0 Å².